The van der Waals surface area contributed by atoms with Crippen molar-refractivity contribution in [2.75, 3.05) is 62.4 Å². The first-order valence-corrected chi connectivity index (χ1v) is 10.4. The standard InChI is InChI=1S/C21H32N6O3/c1-4-29-18(30-5-2)14-17-19(22)24-21(25-20(17)28)23-15-6-8-16(9-7-15)27-12-10-26(3)11-13-27/h6-9,18H,4-5,10-14H2,1-3H3,(H4,22,23,24,25,28). The Hall–Kier alpha value is -2.62. The van der Waals surface area contributed by atoms with Crippen LogP contribution in [-0.4, -0.2) is 67.6 Å². The fourth-order valence-corrected chi connectivity index (χ4v) is 3.43. The van der Waals surface area contributed by atoms with Gasteiger partial charge in [0.15, 0.2) is 6.29 Å². The van der Waals surface area contributed by atoms with Gasteiger partial charge in [0.05, 0.1) is 5.56 Å². The van der Waals surface area contributed by atoms with Gasteiger partial charge in [0.25, 0.3) is 5.56 Å². The number of likely N-dealkylation sites (N-methyl/N-ethyl adjacent to an activating group) is 1. The van der Waals surface area contributed by atoms with Crippen molar-refractivity contribution in [1.29, 1.82) is 0 Å². The molecule has 1 saturated heterocycles. The van der Waals surface area contributed by atoms with E-state index in [-0.39, 0.29) is 17.8 Å². The second kappa shape index (κ2) is 10.4. The van der Waals surface area contributed by atoms with Crippen LogP contribution in [0.3, 0.4) is 0 Å². The third-order valence-electron chi connectivity index (χ3n) is 5.12. The zero-order valence-electron chi connectivity index (χ0n) is 18.0. The number of H-pyrrole nitrogens is 1. The number of hydrogen-bond donors (Lipinski definition) is 3. The zero-order chi connectivity index (χ0) is 21.5. The summed E-state index contributed by atoms with van der Waals surface area (Å²) in [7, 11) is 2.14. The molecule has 3 rings (SSSR count). The van der Waals surface area contributed by atoms with Crippen molar-refractivity contribution >= 4 is 23.1 Å². The average molecular weight is 417 g/mol. The monoisotopic (exact) mass is 416 g/mol. The van der Waals surface area contributed by atoms with Crippen LogP contribution >= 0.6 is 0 Å². The second-order valence-corrected chi connectivity index (χ2v) is 7.28. The van der Waals surface area contributed by atoms with E-state index in [1.54, 1.807) is 0 Å². The summed E-state index contributed by atoms with van der Waals surface area (Å²) in [6.07, 6.45) is -0.276. The molecule has 4 N–H and O–H groups in total. The summed E-state index contributed by atoms with van der Waals surface area (Å²) in [6, 6.07) is 8.08. The maximum atomic E-state index is 12.5. The minimum atomic E-state index is -0.522. The minimum absolute atomic E-state index is 0.166. The molecular weight excluding hydrogens is 384 g/mol. The lowest BCUT2D eigenvalue weighted by atomic mass is 10.2. The fourth-order valence-electron chi connectivity index (χ4n) is 3.43. The number of nitrogens with two attached hydrogens (primary N) is 1. The predicted octanol–water partition coefficient (Wildman–Crippen LogP) is 1.79. The van der Waals surface area contributed by atoms with Crippen LogP contribution in [0.2, 0.25) is 0 Å². The third-order valence-corrected chi connectivity index (χ3v) is 5.12. The van der Waals surface area contributed by atoms with Crippen molar-refractivity contribution in [3.8, 4) is 0 Å². The van der Waals surface area contributed by atoms with Gasteiger partial charge in [-0.15, -0.1) is 0 Å². The molecule has 0 amide bonds. The van der Waals surface area contributed by atoms with Crippen LogP contribution in [0, 0.1) is 0 Å². The molecule has 0 unspecified atom stereocenters. The first-order chi connectivity index (χ1) is 14.5. The number of hydrogen-bond acceptors (Lipinski definition) is 8. The van der Waals surface area contributed by atoms with E-state index in [9.17, 15) is 4.79 Å². The van der Waals surface area contributed by atoms with Crippen molar-refractivity contribution in [3.63, 3.8) is 0 Å². The maximum absolute atomic E-state index is 12.5. The first-order valence-electron chi connectivity index (χ1n) is 10.4. The van der Waals surface area contributed by atoms with E-state index in [0.717, 1.165) is 31.9 Å². The van der Waals surface area contributed by atoms with E-state index in [4.69, 9.17) is 15.2 Å². The molecule has 0 atom stereocenters. The molecule has 1 aliphatic rings. The van der Waals surface area contributed by atoms with E-state index in [0.29, 0.717) is 24.7 Å². The van der Waals surface area contributed by atoms with Crippen LogP contribution < -0.4 is 21.5 Å². The Balaban J connectivity index is 1.67. The molecule has 2 heterocycles. The van der Waals surface area contributed by atoms with Crippen LogP contribution in [0.15, 0.2) is 29.1 Å². The van der Waals surface area contributed by atoms with Crippen LogP contribution in [0.1, 0.15) is 19.4 Å². The molecule has 0 spiro atoms. The van der Waals surface area contributed by atoms with Crippen molar-refractivity contribution in [2.24, 2.45) is 0 Å². The normalized spacial score (nSPS) is 15.0. The number of nitrogen functional groups attached to an aromatic ring is 1. The Morgan fingerprint density at radius 2 is 1.77 bits per heavy atom. The smallest absolute Gasteiger partial charge is 0.257 e. The molecule has 164 valence electrons. The largest absolute Gasteiger partial charge is 0.383 e. The summed E-state index contributed by atoms with van der Waals surface area (Å²) in [5.41, 5.74) is 8.12. The lowest BCUT2D eigenvalue weighted by Gasteiger charge is -2.34. The first kappa shape index (κ1) is 22.1. The SMILES string of the molecule is CCOC(Cc1c(N)nc(Nc2ccc(N3CCN(C)CC3)cc2)[nH]c1=O)OCC. The molecule has 1 fully saturated rings. The molecule has 0 saturated carbocycles. The van der Waals surface area contributed by atoms with Crippen LogP contribution in [0.5, 0.6) is 0 Å². The lowest BCUT2D eigenvalue weighted by Crippen LogP contribution is -2.44. The zero-order valence-corrected chi connectivity index (χ0v) is 18.0. The van der Waals surface area contributed by atoms with Gasteiger partial charge in [0, 0.05) is 57.2 Å². The van der Waals surface area contributed by atoms with Gasteiger partial charge in [0.2, 0.25) is 5.95 Å². The molecule has 30 heavy (non-hydrogen) atoms. The van der Waals surface area contributed by atoms with E-state index in [2.05, 4.69) is 44.3 Å². The predicted molar refractivity (Wildman–Crippen MR) is 119 cm³/mol. The van der Waals surface area contributed by atoms with Crippen molar-refractivity contribution in [3.05, 3.63) is 40.2 Å². The van der Waals surface area contributed by atoms with Gasteiger partial charge in [-0.1, -0.05) is 0 Å². The number of benzene rings is 1. The van der Waals surface area contributed by atoms with Gasteiger partial charge in [-0.05, 0) is 45.2 Å². The number of aromatic nitrogens is 2. The van der Waals surface area contributed by atoms with Crippen LogP contribution in [0.25, 0.3) is 0 Å². The van der Waals surface area contributed by atoms with E-state index in [1.807, 2.05) is 26.0 Å². The van der Waals surface area contributed by atoms with E-state index in [1.165, 1.54) is 5.69 Å². The van der Waals surface area contributed by atoms with Crippen molar-refractivity contribution < 1.29 is 9.47 Å². The molecular formula is C21H32N6O3. The average Bonchev–Trinajstić information content (AvgIpc) is 2.72. The summed E-state index contributed by atoms with van der Waals surface area (Å²) in [6.45, 7) is 8.87. The molecule has 1 aromatic heterocycles. The number of piperazine rings is 1. The van der Waals surface area contributed by atoms with Crippen molar-refractivity contribution in [1.82, 2.24) is 14.9 Å². The molecule has 0 aliphatic carbocycles. The van der Waals surface area contributed by atoms with Gasteiger partial charge < -0.3 is 30.3 Å². The molecule has 9 nitrogen and oxygen atoms in total. The molecule has 0 radical (unpaired) electrons. The van der Waals surface area contributed by atoms with Gasteiger partial charge in [-0.2, -0.15) is 4.98 Å². The summed E-state index contributed by atoms with van der Waals surface area (Å²) in [5, 5.41) is 3.12. The van der Waals surface area contributed by atoms with Gasteiger partial charge in [0.1, 0.15) is 5.82 Å². The molecule has 0 bridgehead atoms. The highest BCUT2D eigenvalue weighted by Crippen LogP contribution is 2.21. The summed E-state index contributed by atoms with van der Waals surface area (Å²) in [5.74, 6) is 0.470. The third kappa shape index (κ3) is 5.71. The molecule has 1 aliphatic heterocycles. The number of aromatic amines is 1. The Kier molecular flexibility index (Phi) is 7.67. The highest BCUT2D eigenvalue weighted by Gasteiger charge is 2.17. The number of rotatable bonds is 9. The number of nitrogens with zero attached hydrogens (tertiary/aromatic N) is 3. The fraction of sp³-hybridized carbons (Fsp3) is 0.524. The summed E-state index contributed by atoms with van der Waals surface area (Å²) in [4.78, 5) is 24.3. The lowest BCUT2D eigenvalue weighted by molar-refractivity contribution is -0.134. The number of ether oxygens (including phenoxy) is 2. The molecule has 1 aromatic carbocycles. The Bertz CT molecular complexity index is 856. The molecule has 9 heteroatoms. The van der Waals surface area contributed by atoms with Gasteiger partial charge in [-0.3, -0.25) is 9.78 Å². The van der Waals surface area contributed by atoms with E-state index >= 15 is 0 Å². The Labute approximate surface area is 177 Å². The highest BCUT2D eigenvalue weighted by molar-refractivity contribution is 5.60. The maximum Gasteiger partial charge on any atom is 0.257 e. The van der Waals surface area contributed by atoms with Gasteiger partial charge in [-0.25, -0.2) is 0 Å². The van der Waals surface area contributed by atoms with Gasteiger partial charge >= 0.3 is 0 Å². The quantitative estimate of drug-likeness (QED) is 0.531. The van der Waals surface area contributed by atoms with Crippen molar-refractivity contribution in [2.45, 2.75) is 26.6 Å². The van der Waals surface area contributed by atoms with Crippen LogP contribution in [0.4, 0.5) is 23.1 Å². The number of nitrogens with one attached hydrogen (secondary N) is 2. The summed E-state index contributed by atoms with van der Waals surface area (Å²) < 4.78 is 11.0. The summed E-state index contributed by atoms with van der Waals surface area (Å²) >= 11 is 0. The second-order valence-electron chi connectivity index (χ2n) is 7.28. The van der Waals surface area contributed by atoms with E-state index < -0.39 is 6.29 Å². The topological polar surface area (TPSA) is 109 Å². The molecule has 2 aromatic rings. The number of anilines is 4. The Morgan fingerprint density at radius 3 is 2.33 bits per heavy atom. The highest BCUT2D eigenvalue weighted by atomic mass is 16.7. The Morgan fingerprint density at radius 1 is 1.13 bits per heavy atom. The van der Waals surface area contributed by atoms with Crippen LogP contribution in [-0.2, 0) is 15.9 Å². The minimum Gasteiger partial charge on any atom is -0.383 e.